The maximum Gasteiger partial charge on any atom is 0.0854 e. The summed E-state index contributed by atoms with van der Waals surface area (Å²) < 4.78 is 5.89. The molecule has 2 rings (SSSR count). The summed E-state index contributed by atoms with van der Waals surface area (Å²) in [7, 11) is 0. The van der Waals surface area contributed by atoms with E-state index in [-0.39, 0.29) is 11.6 Å². The van der Waals surface area contributed by atoms with Crippen molar-refractivity contribution in [1.82, 2.24) is 0 Å². The molecule has 2 nitrogen and oxygen atoms in total. The van der Waals surface area contributed by atoms with Crippen LogP contribution in [0.5, 0.6) is 0 Å². The van der Waals surface area contributed by atoms with Crippen molar-refractivity contribution in [3.63, 3.8) is 0 Å². The molecule has 0 radical (unpaired) electrons. The third-order valence-corrected chi connectivity index (χ3v) is 4.44. The molecular weight excluding hydrogens is 206 g/mol. The summed E-state index contributed by atoms with van der Waals surface area (Å²) in [5.41, 5.74) is 7.47. The Morgan fingerprint density at radius 1 is 1.53 bits per heavy atom. The van der Waals surface area contributed by atoms with Crippen molar-refractivity contribution in [1.29, 1.82) is 0 Å². The molecule has 0 bridgehead atoms. The monoisotopic (exact) mass is 225 g/mol. The number of hydrogen-bond donors (Lipinski definition) is 1. The van der Waals surface area contributed by atoms with Gasteiger partial charge in [0.25, 0.3) is 0 Å². The number of ether oxygens (including phenoxy) is 1. The molecule has 2 N–H and O–H groups in total. The Labute approximate surface area is 95.4 Å². The molecular formula is C12H19NOS. The second-order valence-electron chi connectivity index (χ2n) is 4.56. The van der Waals surface area contributed by atoms with E-state index in [1.807, 2.05) is 0 Å². The molecule has 0 aliphatic carbocycles. The van der Waals surface area contributed by atoms with Crippen molar-refractivity contribution in [2.75, 3.05) is 6.61 Å². The number of hydrogen-bond acceptors (Lipinski definition) is 3. The van der Waals surface area contributed by atoms with Crippen LogP contribution >= 0.6 is 11.3 Å². The van der Waals surface area contributed by atoms with E-state index in [1.165, 1.54) is 23.3 Å². The fourth-order valence-electron chi connectivity index (χ4n) is 2.18. The van der Waals surface area contributed by atoms with Gasteiger partial charge in [-0.15, -0.1) is 11.3 Å². The van der Waals surface area contributed by atoms with Crippen LogP contribution in [0.4, 0.5) is 0 Å². The normalized spacial score (nSPS) is 29.0. The van der Waals surface area contributed by atoms with Crippen LogP contribution in [0.1, 0.15) is 42.7 Å². The molecule has 84 valence electrons. The van der Waals surface area contributed by atoms with E-state index in [0.29, 0.717) is 0 Å². The average Bonchev–Trinajstić information content (AvgIpc) is 2.64. The van der Waals surface area contributed by atoms with Gasteiger partial charge in [-0.2, -0.15) is 0 Å². The molecule has 0 aromatic carbocycles. The van der Waals surface area contributed by atoms with Crippen LogP contribution in [0.3, 0.4) is 0 Å². The lowest BCUT2D eigenvalue weighted by Gasteiger charge is -2.38. The van der Waals surface area contributed by atoms with Crippen LogP contribution in [0, 0.1) is 6.92 Å². The highest BCUT2D eigenvalue weighted by Gasteiger charge is 2.36. The Kier molecular flexibility index (Phi) is 3.14. The Hall–Kier alpha value is -0.380. The van der Waals surface area contributed by atoms with E-state index in [4.69, 9.17) is 10.5 Å². The summed E-state index contributed by atoms with van der Waals surface area (Å²) in [4.78, 5) is 1.28. The lowest BCUT2D eigenvalue weighted by molar-refractivity contribution is -0.0815. The summed E-state index contributed by atoms with van der Waals surface area (Å²) in [5.74, 6) is 0. The van der Waals surface area contributed by atoms with Crippen molar-refractivity contribution >= 4 is 11.3 Å². The third-order valence-electron chi connectivity index (χ3n) is 3.34. The zero-order valence-corrected chi connectivity index (χ0v) is 10.3. The SMILES string of the molecule is Cc1ccsc1C(N)C1(C)CCCCO1. The first-order valence-electron chi connectivity index (χ1n) is 5.57. The molecule has 1 aliphatic heterocycles. The summed E-state index contributed by atoms with van der Waals surface area (Å²) in [6.07, 6.45) is 3.48. The van der Waals surface area contributed by atoms with Gasteiger partial charge in [0.2, 0.25) is 0 Å². The minimum absolute atomic E-state index is 0.0257. The Morgan fingerprint density at radius 2 is 2.33 bits per heavy atom. The van der Waals surface area contributed by atoms with Gasteiger partial charge in [-0.05, 0) is 50.1 Å². The molecule has 3 heteroatoms. The Bertz CT molecular complexity index is 328. The van der Waals surface area contributed by atoms with Crippen molar-refractivity contribution in [2.45, 2.75) is 44.8 Å². The first kappa shape index (κ1) is 11.1. The fraction of sp³-hybridized carbons (Fsp3) is 0.667. The summed E-state index contributed by atoms with van der Waals surface area (Å²) in [5, 5.41) is 2.11. The highest BCUT2D eigenvalue weighted by molar-refractivity contribution is 7.10. The molecule has 2 unspecified atom stereocenters. The first-order valence-corrected chi connectivity index (χ1v) is 6.45. The van der Waals surface area contributed by atoms with Crippen LogP contribution in [-0.2, 0) is 4.74 Å². The van der Waals surface area contributed by atoms with Gasteiger partial charge in [-0.1, -0.05) is 0 Å². The molecule has 2 atom stereocenters. The molecule has 1 saturated heterocycles. The number of rotatable bonds is 2. The predicted octanol–water partition coefficient (Wildman–Crippen LogP) is 3.02. The quantitative estimate of drug-likeness (QED) is 0.839. The standard InChI is InChI=1S/C12H19NOS/c1-9-5-8-15-10(9)11(13)12(2)6-3-4-7-14-12/h5,8,11H,3-4,6-7,13H2,1-2H3. The fourth-order valence-corrected chi connectivity index (χ4v) is 3.25. The molecule has 0 saturated carbocycles. The maximum atomic E-state index is 6.33. The van der Waals surface area contributed by atoms with E-state index < -0.39 is 0 Å². The summed E-state index contributed by atoms with van der Waals surface area (Å²) in [6, 6.07) is 2.16. The molecule has 1 fully saturated rings. The molecule has 15 heavy (non-hydrogen) atoms. The van der Waals surface area contributed by atoms with Gasteiger partial charge in [0.1, 0.15) is 0 Å². The minimum atomic E-state index is -0.159. The topological polar surface area (TPSA) is 35.2 Å². The number of thiophene rings is 1. The lowest BCUT2D eigenvalue weighted by atomic mass is 9.87. The summed E-state index contributed by atoms with van der Waals surface area (Å²) >= 11 is 1.74. The van der Waals surface area contributed by atoms with Crippen LogP contribution in [-0.4, -0.2) is 12.2 Å². The zero-order chi connectivity index (χ0) is 10.9. The largest absolute Gasteiger partial charge is 0.373 e. The average molecular weight is 225 g/mol. The van der Waals surface area contributed by atoms with E-state index in [1.54, 1.807) is 11.3 Å². The van der Waals surface area contributed by atoms with E-state index in [9.17, 15) is 0 Å². The van der Waals surface area contributed by atoms with Gasteiger partial charge < -0.3 is 10.5 Å². The van der Waals surface area contributed by atoms with Crippen LogP contribution < -0.4 is 5.73 Å². The van der Waals surface area contributed by atoms with Crippen molar-refractivity contribution < 1.29 is 4.74 Å². The van der Waals surface area contributed by atoms with Crippen LogP contribution in [0.2, 0.25) is 0 Å². The van der Waals surface area contributed by atoms with Gasteiger partial charge in [0, 0.05) is 11.5 Å². The second kappa shape index (κ2) is 4.24. The molecule has 1 aromatic heterocycles. The molecule has 1 aromatic rings. The van der Waals surface area contributed by atoms with Crippen molar-refractivity contribution in [3.8, 4) is 0 Å². The zero-order valence-electron chi connectivity index (χ0n) is 9.45. The Balaban J connectivity index is 2.19. The van der Waals surface area contributed by atoms with E-state index in [2.05, 4.69) is 25.3 Å². The highest BCUT2D eigenvalue weighted by Crippen LogP contribution is 2.37. The Morgan fingerprint density at radius 3 is 2.87 bits per heavy atom. The van der Waals surface area contributed by atoms with Crippen molar-refractivity contribution in [2.24, 2.45) is 5.73 Å². The summed E-state index contributed by atoms with van der Waals surface area (Å²) in [6.45, 7) is 5.13. The second-order valence-corrected chi connectivity index (χ2v) is 5.51. The minimum Gasteiger partial charge on any atom is -0.373 e. The van der Waals surface area contributed by atoms with Gasteiger partial charge >= 0.3 is 0 Å². The van der Waals surface area contributed by atoms with E-state index >= 15 is 0 Å². The smallest absolute Gasteiger partial charge is 0.0854 e. The molecule has 0 spiro atoms. The van der Waals surface area contributed by atoms with Gasteiger partial charge in [0.15, 0.2) is 0 Å². The van der Waals surface area contributed by atoms with Crippen LogP contribution in [0.15, 0.2) is 11.4 Å². The van der Waals surface area contributed by atoms with Gasteiger partial charge in [-0.3, -0.25) is 0 Å². The molecule has 2 heterocycles. The lowest BCUT2D eigenvalue weighted by Crippen LogP contribution is -2.43. The highest BCUT2D eigenvalue weighted by atomic mass is 32.1. The predicted molar refractivity (Wildman–Crippen MR) is 64.2 cm³/mol. The molecule has 0 amide bonds. The van der Waals surface area contributed by atoms with Gasteiger partial charge in [0.05, 0.1) is 11.6 Å². The first-order chi connectivity index (χ1) is 7.13. The molecule has 1 aliphatic rings. The number of nitrogens with two attached hydrogens (primary N) is 1. The maximum absolute atomic E-state index is 6.33. The van der Waals surface area contributed by atoms with E-state index in [0.717, 1.165) is 13.0 Å². The number of aryl methyl sites for hydroxylation is 1. The van der Waals surface area contributed by atoms with Crippen LogP contribution in [0.25, 0.3) is 0 Å². The third kappa shape index (κ3) is 2.10. The van der Waals surface area contributed by atoms with Crippen molar-refractivity contribution in [3.05, 3.63) is 21.9 Å². The van der Waals surface area contributed by atoms with Gasteiger partial charge in [-0.25, -0.2) is 0 Å².